The van der Waals surface area contributed by atoms with E-state index in [2.05, 4.69) is 47.8 Å². The molecular weight excluding hydrogens is 406 g/mol. The SMILES string of the molecule is Brc1ccc(O[13c]2[13cH][13cH][13c](Br)[13cH][13c]2Br)cc1. The van der Waals surface area contributed by atoms with Crippen molar-refractivity contribution in [2.24, 2.45) is 0 Å². The third kappa shape index (κ3) is 3.09. The van der Waals surface area contributed by atoms with Crippen molar-refractivity contribution in [2.45, 2.75) is 0 Å². The summed E-state index contributed by atoms with van der Waals surface area (Å²) in [6.07, 6.45) is 0. The van der Waals surface area contributed by atoms with Crippen LogP contribution in [0, 0.1) is 0 Å². The molecule has 0 bridgehead atoms. The minimum Gasteiger partial charge on any atom is -0.456 e. The monoisotopic (exact) mass is 410 g/mol. The van der Waals surface area contributed by atoms with Crippen LogP contribution in [0.25, 0.3) is 0 Å². The molecule has 82 valence electrons. The van der Waals surface area contributed by atoms with Gasteiger partial charge in [-0.1, -0.05) is 31.9 Å². The van der Waals surface area contributed by atoms with E-state index in [-0.39, 0.29) is 0 Å². The summed E-state index contributed by atoms with van der Waals surface area (Å²) in [6, 6.07) is 13.5. The summed E-state index contributed by atoms with van der Waals surface area (Å²) in [7, 11) is 0. The highest BCUT2D eigenvalue weighted by Gasteiger charge is 2.03. The lowest BCUT2D eigenvalue weighted by atomic mass is 10.3. The Morgan fingerprint density at radius 2 is 1.38 bits per heavy atom. The van der Waals surface area contributed by atoms with Crippen LogP contribution in [0.5, 0.6) is 11.5 Å². The van der Waals surface area contributed by atoms with Crippen LogP contribution in [-0.4, -0.2) is 0 Å². The predicted molar refractivity (Wildman–Crippen MR) is 76.1 cm³/mol. The van der Waals surface area contributed by atoms with E-state index in [9.17, 15) is 0 Å². The molecular formula is C12H7Br3O. The maximum Gasteiger partial charge on any atom is 0.141 e. The zero-order valence-corrected chi connectivity index (χ0v) is 12.8. The van der Waals surface area contributed by atoms with Crippen LogP contribution in [0.15, 0.2) is 55.9 Å². The summed E-state index contributed by atoms with van der Waals surface area (Å²) in [4.78, 5) is 0. The molecule has 2 aromatic carbocycles. The summed E-state index contributed by atoms with van der Waals surface area (Å²) in [5.41, 5.74) is 0. The maximum absolute atomic E-state index is 5.73. The fourth-order valence-corrected chi connectivity index (χ4v) is 2.58. The van der Waals surface area contributed by atoms with E-state index in [1.807, 2.05) is 42.5 Å². The third-order valence-electron chi connectivity index (χ3n) is 1.94. The molecule has 2 rings (SSSR count). The average molecular weight is 413 g/mol. The largest absolute Gasteiger partial charge is 0.456 e. The van der Waals surface area contributed by atoms with Gasteiger partial charge in [0.25, 0.3) is 0 Å². The highest BCUT2D eigenvalue weighted by atomic mass is 79.9. The van der Waals surface area contributed by atoms with Gasteiger partial charge in [0.15, 0.2) is 0 Å². The van der Waals surface area contributed by atoms with Crippen LogP contribution < -0.4 is 4.74 Å². The molecule has 16 heavy (non-hydrogen) atoms. The van der Waals surface area contributed by atoms with Crippen LogP contribution in [0.1, 0.15) is 0 Å². The fourth-order valence-electron chi connectivity index (χ4n) is 1.19. The van der Waals surface area contributed by atoms with E-state index in [0.717, 1.165) is 24.9 Å². The summed E-state index contributed by atoms with van der Waals surface area (Å²) < 4.78 is 8.70. The lowest BCUT2D eigenvalue weighted by molar-refractivity contribution is 0.479. The van der Waals surface area contributed by atoms with E-state index < -0.39 is 0 Å². The average Bonchev–Trinajstić information content (AvgIpc) is 2.25. The molecule has 0 amide bonds. The zero-order valence-electron chi connectivity index (χ0n) is 8.08. The first kappa shape index (κ1) is 12.1. The molecule has 0 saturated carbocycles. The second kappa shape index (κ2) is 5.34. The summed E-state index contributed by atoms with van der Waals surface area (Å²) in [5.74, 6) is 1.61. The Hall–Kier alpha value is -0.320. The molecule has 2 aromatic rings. The number of rotatable bonds is 2. The van der Waals surface area contributed by atoms with Gasteiger partial charge in [0.2, 0.25) is 0 Å². The lowest BCUT2D eigenvalue weighted by Crippen LogP contribution is -1.84. The van der Waals surface area contributed by atoms with Crippen LogP contribution in [0.4, 0.5) is 0 Å². The van der Waals surface area contributed by atoms with Crippen molar-refractivity contribution in [1.29, 1.82) is 0 Å². The number of ether oxygens (including phenoxy) is 1. The van der Waals surface area contributed by atoms with Gasteiger partial charge in [-0.2, -0.15) is 0 Å². The molecule has 0 heterocycles. The van der Waals surface area contributed by atoms with Crippen molar-refractivity contribution >= 4 is 47.8 Å². The number of benzene rings is 2. The fraction of sp³-hybridized carbons (Fsp3) is 0. The second-order valence-electron chi connectivity index (χ2n) is 3.13. The Labute approximate surface area is 119 Å². The van der Waals surface area contributed by atoms with Gasteiger partial charge >= 0.3 is 0 Å². The Bertz CT molecular complexity index is 494. The summed E-state index contributed by atoms with van der Waals surface area (Å²) in [6.45, 7) is 0. The van der Waals surface area contributed by atoms with E-state index in [0.29, 0.717) is 0 Å². The van der Waals surface area contributed by atoms with Gasteiger partial charge in [-0.3, -0.25) is 0 Å². The molecule has 0 radical (unpaired) electrons. The molecule has 0 unspecified atom stereocenters. The molecule has 0 spiro atoms. The van der Waals surface area contributed by atoms with Gasteiger partial charge in [-0.25, -0.2) is 0 Å². The van der Waals surface area contributed by atoms with E-state index in [1.54, 1.807) is 0 Å². The topological polar surface area (TPSA) is 9.23 Å². The van der Waals surface area contributed by atoms with E-state index in [4.69, 9.17) is 4.74 Å². The summed E-state index contributed by atoms with van der Waals surface area (Å²) in [5, 5.41) is 0. The lowest BCUT2D eigenvalue weighted by Gasteiger charge is -2.07. The van der Waals surface area contributed by atoms with Crippen LogP contribution in [0.2, 0.25) is 0 Å². The van der Waals surface area contributed by atoms with Gasteiger partial charge in [-0.05, 0) is 58.4 Å². The zero-order chi connectivity index (χ0) is 11.5. The quantitative estimate of drug-likeness (QED) is 0.608. The van der Waals surface area contributed by atoms with Crippen LogP contribution >= 0.6 is 47.8 Å². The summed E-state index contributed by atoms with van der Waals surface area (Å²) >= 11 is 10.2. The maximum atomic E-state index is 5.73. The standard InChI is InChI=1S/C12H7Br3O/c13-8-1-4-10(5-2-8)16-12-6-3-9(14)7-11(12)15/h1-7H/i3+1,6+1,7+1,9+1,11+1,12+1. The molecule has 4 heteroatoms. The smallest absolute Gasteiger partial charge is 0.141 e. The van der Waals surface area contributed by atoms with Crippen molar-refractivity contribution in [2.75, 3.05) is 0 Å². The molecule has 0 aliphatic heterocycles. The van der Waals surface area contributed by atoms with E-state index >= 15 is 0 Å². The first-order chi connectivity index (χ1) is 7.65. The van der Waals surface area contributed by atoms with Crippen molar-refractivity contribution in [3.8, 4) is 11.5 Å². The van der Waals surface area contributed by atoms with Crippen molar-refractivity contribution < 1.29 is 4.74 Å². The Morgan fingerprint density at radius 3 is 2.00 bits per heavy atom. The molecule has 0 fully saturated rings. The van der Waals surface area contributed by atoms with Gasteiger partial charge in [-0.15, -0.1) is 0 Å². The highest BCUT2D eigenvalue weighted by molar-refractivity contribution is 9.11. The van der Waals surface area contributed by atoms with Gasteiger partial charge in [0.1, 0.15) is 11.5 Å². The molecule has 0 aromatic heterocycles. The van der Waals surface area contributed by atoms with Gasteiger partial charge in [0, 0.05) is 8.95 Å². The number of hydrogen-bond acceptors (Lipinski definition) is 1. The Kier molecular flexibility index (Phi) is 4.05. The highest BCUT2D eigenvalue weighted by Crippen LogP contribution is 2.32. The first-order valence-electron chi connectivity index (χ1n) is 4.53. The Morgan fingerprint density at radius 1 is 0.750 bits per heavy atom. The minimum absolute atomic E-state index is 0.797. The molecule has 0 saturated heterocycles. The number of hydrogen-bond donors (Lipinski definition) is 0. The molecule has 0 aliphatic carbocycles. The normalized spacial score (nSPS) is 10.2. The number of halogens is 3. The Balaban J connectivity index is 2.23. The molecule has 0 aliphatic rings. The second-order valence-corrected chi connectivity index (χ2v) is 5.82. The minimum atomic E-state index is 0.797. The first-order valence-corrected chi connectivity index (χ1v) is 6.91. The van der Waals surface area contributed by atoms with Crippen LogP contribution in [0.3, 0.4) is 0 Å². The third-order valence-corrected chi connectivity index (χ3v) is 3.58. The van der Waals surface area contributed by atoms with Crippen molar-refractivity contribution in [3.05, 3.63) is 55.9 Å². The molecule has 0 N–H and O–H groups in total. The molecule has 0 atom stereocenters. The van der Waals surface area contributed by atoms with Crippen molar-refractivity contribution in [1.82, 2.24) is 0 Å². The van der Waals surface area contributed by atoms with E-state index in [1.165, 1.54) is 0 Å². The van der Waals surface area contributed by atoms with Crippen LogP contribution in [-0.2, 0) is 0 Å². The van der Waals surface area contributed by atoms with Gasteiger partial charge in [0.05, 0.1) is 4.47 Å². The van der Waals surface area contributed by atoms with Crippen molar-refractivity contribution in [3.63, 3.8) is 0 Å². The molecule has 1 nitrogen and oxygen atoms in total. The predicted octanol–water partition coefficient (Wildman–Crippen LogP) is 5.77. The van der Waals surface area contributed by atoms with Gasteiger partial charge < -0.3 is 4.74 Å².